The molecule has 0 aliphatic rings. The van der Waals surface area contributed by atoms with Crippen LogP contribution in [0.1, 0.15) is 16.2 Å². The fourth-order valence-electron chi connectivity index (χ4n) is 1.92. The molecule has 21 heavy (non-hydrogen) atoms. The van der Waals surface area contributed by atoms with Crippen LogP contribution in [0.4, 0.5) is 0 Å². The Morgan fingerprint density at radius 2 is 2.10 bits per heavy atom. The molecule has 1 aromatic carbocycles. The zero-order valence-corrected chi connectivity index (χ0v) is 11.5. The molecule has 1 amide bonds. The van der Waals surface area contributed by atoms with Gasteiger partial charge in [0.15, 0.2) is 5.76 Å². The van der Waals surface area contributed by atoms with Crippen molar-refractivity contribution in [3.8, 4) is 11.3 Å². The molecule has 3 rings (SSSR count). The summed E-state index contributed by atoms with van der Waals surface area (Å²) in [6.45, 7) is 0.237. The Balaban J connectivity index is 1.64. The van der Waals surface area contributed by atoms with Gasteiger partial charge in [-0.05, 0) is 0 Å². The summed E-state index contributed by atoms with van der Waals surface area (Å²) in [6.07, 6.45) is 4.82. The van der Waals surface area contributed by atoms with E-state index in [9.17, 15) is 4.79 Å². The summed E-state index contributed by atoms with van der Waals surface area (Å²) in [4.78, 5) is 16.0. The number of aromatic nitrogens is 3. The number of hydrogen-bond acceptors (Lipinski definition) is 4. The normalized spacial score (nSPS) is 10.5. The van der Waals surface area contributed by atoms with Gasteiger partial charge in [0, 0.05) is 18.8 Å². The number of nitrogens with zero attached hydrogens (tertiary/aromatic N) is 3. The number of oxazole rings is 1. The molecule has 0 radical (unpaired) electrons. The van der Waals surface area contributed by atoms with Crippen molar-refractivity contribution in [2.75, 3.05) is 0 Å². The Labute approximate surface area is 121 Å². The molecule has 6 heteroatoms. The molecule has 0 fully saturated rings. The fourth-order valence-corrected chi connectivity index (χ4v) is 1.92. The predicted octanol–water partition coefficient (Wildman–Crippen LogP) is 2.01. The van der Waals surface area contributed by atoms with Crippen molar-refractivity contribution >= 4 is 5.91 Å². The van der Waals surface area contributed by atoms with E-state index in [1.54, 1.807) is 24.1 Å². The van der Waals surface area contributed by atoms with Crippen molar-refractivity contribution in [2.45, 2.75) is 6.54 Å². The second-order valence-electron chi connectivity index (χ2n) is 4.57. The van der Waals surface area contributed by atoms with E-state index in [1.807, 2.05) is 30.3 Å². The largest absolute Gasteiger partial charge is 0.439 e. The summed E-state index contributed by atoms with van der Waals surface area (Å²) in [6, 6.07) is 9.69. The Kier molecular flexibility index (Phi) is 3.51. The number of benzene rings is 1. The molecule has 106 valence electrons. The number of aryl methyl sites for hydroxylation is 1. The second kappa shape index (κ2) is 5.62. The SMILES string of the molecule is Cn1cc(C(=O)NCc2ncc(-c3ccccc3)o2)cn1. The molecule has 0 bridgehead atoms. The van der Waals surface area contributed by atoms with E-state index < -0.39 is 0 Å². The molecule has 0 spiro atoms. The first-order valence-electron chi connectivity index (χ1n) is 6.49. The van der Waals surface area contributed by atoms with Crippen LogP contribution in [0.3, 0.4) is 0 Å². The first kappa shape index (κ1) is 13.1. The second-order valence-corrected chi connectivity index (χ2v) is 4.57. The lowest BCUT2D eigenvalue weighted by Crippen LogP contribution is -2.22. The summed E-state index contributed by atoms with van der Waals surface area (Å²) in [5.41, 5.74) is 1.46. The quantitative estimate of drug-likeness (QED) is 0.794. The van der Waals surface area contributed by atoms with E-state index in [0.29, 0.717) is 17.2 Å². The van der Waals surface area contributed by atoms with Crippen molar-refractivity contribution in [3.05, 3.63) is 60.4 Å². The van der Waals surface area contributed by atoms with Crippen LogP contribution in [0.2, 0.25) is 0 Å². The molecule has 2 heterocycles. The van der Waals surface area contributed by atoms with Crippen molar-refractivity contribution < 1.29 is 9.21 Å². The molecule has 0 saturated heterocycles. The topological polar surface area (TPSA) is 73.0 Å². The third-order valence-electron chi connectivity index (χ3n) is 2.98. The highest BCUT2D eigenvalue weighted by molar-refractivity contribution is 5.93. The maximum Gasteiger partial charge on any atom is 0.254 e. The van der Waals surface area contributed by atoms with Crippen molar-refractivity contribution in [1.82, 2.24) is 20.1 Å². The lowest BCUT2D eigenvalue weighted by atomic mass is 10.2. The molecule has 0 aliphatic heterocycles. The Morgan fingerprint density at radius 1 is 1.29 bits per heavy atom. The van der Waals surface area contributed by atoms with E-state index in [4.69, 9.17) is 4.42 Å². The van der Waals surface area contributed by atoms with E-state index in [2.05, 4.69) is 15.4 Å². The number of carbonyl (C=O) groups excluding carboxylic acids is 1. The molecule has 2 aromatic heterocycles. The maximum atomic E-state index is 11.9. The van der Waals surface area contributed by atoms with Gasteiger partial charge in [-0.2, -0.15) is 5.10 Å². The lowest BCUT2D eigenvalue weighted by molar-refractivity contribution is 0.0947. The van der Waals surface area contributed by atoms with E-state index in [-0.39, 0.29) is 12.5 Å². The van der Waals surface area contributed by atoms with Crippen LogP contribution in [0.5, 0.6) is 0 Å². The number of carbonyl (C=O) groups is 1. The Hall–Kier alpha value is -2.89. The summed E-state index contributed by atoms with van der Waals surface area (Å²) in [5.74, 6) is 0.940. The average molecular weight is 282 g/mol. The van der Waals surface area contributed by atoms with Crippen LogP contribution in [0, 0.1) is 0 Å². The smallest absolute Gasteiger partial charge is 0.254 e. The standard InChI is InChI=1S/C15H14N4O2/c1-19-10-12(7-18-19)15(20)17-9-14-16-8-13(21-14)11-5-3-2-4-6-11/h2-8,10H,9H2,1H3,(H,17,20). The van der Waals surface area contributed by atoms with Gasteiger partial charge in [-0.3, -0.25) is 9.48 Å². The van der Waals surface area contributed by atoms with Crippen molar-refractivity contribution in [3.63, 3.8) is 0 Å². The van der Waals surface area contributed by atoms with Crippen LogP contribution in [-0.2, 0) is 13.6 Å². The van der Waals surface area contributed by atoms with Crippen molar-refractivity contribution in [1.29, 1.82) is 0 Å². The van der Waals surface area contributed by atoms with Crippen molar-refractivity contribution in [2.24, 2.45) is 7.05 Å². The van der Waals surface area contributed by atoms with Gasteiger partial charge in [0.2, 0.25) is 5.89 Å². The van der Waals surface area contributed by atoms with Gasteiger partial charge < -0.3 is 9.73 Å². The molecule has 6 nitrogen and oxygen atoms in total. The number of rotatable bonds is 4. The molecular weight excluding hydrogens is 268 g/mol. The van der Waals surface area contributed by atoms with Gasteiger partial charge in [0.25, 0.3) is 5.91 Å². The molecular formula is C15H14N4O2. The molecule has 0 saturated carbocycles. The van der Waals surface area contributed by atoms with E-state index >= 15 is 0 Å². The van der Waals surface area contributed by atoms with Gasteiger partial charge in [-0.1, -0.05) is 30.3 Å². The van der Waals surface area contributed by atoms with Crippen LogP contribution < -0.4 is 5.32 Å². The molecule has 0 atom stereocenters. The first-order chi connectivity index (χ1) is 10.2. The van der Waals surface area contributed by atoms with Crippen LogP contribution in [-0.4, -0.2) is 20.7 Å². The minimum absolute atomic E-state index is 0.206. The van der Waals surface area contributed by atoms with Gasteiger partial charge in [0.05, 0.1) is 24.5 Å². The van der Waals surface area contributed by atoms with Crippen LogP contribution in [0.25, 0.3) is 11.3 Å². The summed E-state index contributed by atoms with van der Waals surface area (Å²) >= 11 is 0. The summed E-state index contributed by atoms with van der Waals surface area (Å²) in [7, 11) is 1.76. The molecule has 1 N–H and O–H groups in total. The highest BCUT2D eigenvalue weighted by Gasteiger charge is 2.10. The summed E-state index contributed by atoms with van der Waals surface area (Å²) in [5, 5.41) is 6.70. The van der Waals surface area contributed by atoms with Crippen LogP contribution >= 0.6 is 0 Å². The highest BCUT2D eigenvalue weighted by atomic mass is 16.4. The zero-order chi connectivity index (χ0) is 14.7. The minimum Gasteiger partial charge on any atom is -0.439 e. The fraction of sp³-hybridized carbons (Fsp3) is 0.133. The Morgan fingerprint density at radius 3 is 2.81 bits per heavy atom. The van der Waals surface area contributed by atoms with Gasteiger partial charge in [-0.15, -0.1) is 0 Å². The van der Waals surface area contributed by atoms with E-state index in [1.165, 1.54) is 6.20 Å². The highest BCUT2D eigenvalue weighted by Crippen LogP contribution is 2.19. The van der Waals surface area contributed by atoms with Gasteiger partial charge in [-0.25, -0.2) is 4.98 Å². The molecule has 3 aromatic rings. The first-order valence-corrected chi connectivity index (χ1v) is 6.49. The minimum atomic E-state index is -0.206. The number of nitrogens with one attached hydrogen (secondary N) is 1. The average Bonchev–Trinajstić information content (AvgIpc) is 3.15. The van der Waals surface area contributed by atoms with Gasteiger partial charge >= 0.3 is 0 Å². The summed E-state index contributed by atoms with van der Waals surface area (Å²) < 4.78 is 7.19. The van der Waals surface area contributed by atoms with Gasteiger partial charge in [0.1, 0.15) is 0 Å². The third-order valence-corrected chi connectivity index (χ3v) is 2.98. The molecule has 0 aliphatic carbocycles. The maximum absolute atomic E-state index is 11.9. The monoisotopic (exact) mass is 282 g/mol. The third kappa shape index (κ3) is 3.00. The zero-order valence-electron chi connectivity index (χ0n) is 11.5. The van der Waals surface area contributed by atoms with E-state index in [0.717, 1.165) is 5.56 Å². The Bertz CT molecular complexity index is 746. The molecule has 0 unspecified atom stereocenters. The van der Waals surface area contributed by atoms with Crippen LogP contribution in [0.15, 0.2) is 53.3 Å². The predicted molar refractivity (Wildman–Crippen MR) is 76.3 cm³/mol. The number of amides is 1. The number of hydrogen-bond donors (Lipinski definition) is 1. The lowest BCUT2D eigenvalue weighted by Gasteiger charge is -1.99.